The summed E-state index contributed by atoms with van der Waals surface area (Å²) in [5.41, 5.74) is 5.79. The van der Waals surface area contributed by atoms with E-state index in [-0.39, 0.29) is 6.04 Å². The van der Waals surface area contributed by atoms with Gasteiger partial charge in [-0.1, -0.05) is 18.2 Å². The highest BCUT2D eigenvalue weighted by atomic mass is 32.2. The molecule has 1 unspecified atom stereocenters. The number of hydrogen-bond donors (Lipinski definition) is 1. The Bertz CT molecular complexity index is 444. The molecule has 1 saturated heterocycles. The zero-order chi connectivity index (χ0) is 11.6. The minimum atomic E-state index is -3.34. The Hall–Kier alpha value is -0.910. The lowest BCUT2D eigenvalue weighted by molar-refractivity contribution is 0.316. The first kappa shape index (κ1) is 11.6. The third-order valence-corrected chi connectivity index (χ3v) is 4.68. The molecule has 1 aromatic carbocycles. The van der Waals surface area contributed by atoms with Crippen molar-refractivity contribution < 1.29 is 8.42 Å². The molecular weight excluding hydrogens is 224 g/mol. The van der Waals surface area contributed by atoms with Crippen LogP contribution < -0.4 is 5.73 Å². The SMILES string of the molecule is NC1CCCN(S(=O)(=O)c2ccccc2)C1. The van der Waals surface area contributed by atoms with Crippen molar-refractivity contribution in [2.45, 2.75) is 23.8 Å². The average Bonchev–Trinajstić information content (AvgIpc) is 2.30. The molecule has 2 rings (SSSR count). The molecule has 1 fully saturated rings. The van der Waals surface area contributed by atoms with Gasteiger partial charge in [0.25, 0.3) is 0 Å². The van der Waals surface area contributed by atoms with Crippen LogP contribution in [-0.4, -0.2) is 31.9 Å². The van der Waals surface area contributed by atoms with Gasteiger partial charge in [0.15, 0.2) is 0 Å². The van der Waals surface area contributed by atoms with Crippen LogP contribution in [0.3, 0.4) is 0 Å². The highest BCUT2D eigenvalue weighted by molar-refractivity contribution is 7.89. The molecule has 0 saturated carbocycles. The van der Waals surface area contributed by atoms with Crippen LogP contribution in [0, 0.1) is 0 Å². The van der Waals surface area contributed by atoms with E-state index in [1.807, 2.05) is 0 Å². The predicted octanol–water partition coefficient (Wildman–Crippen LogP) is 0.798. The Morgan fingerprint density at radius 1 is 1.25 bits per heavy atom. The number of piperidine rings is 1. The van der Waals surface area contributed by atoms with E-state index in [9.17, 15) is 8.42 Å². The van der Waals surface area contributed by atoms with Gasteiger partial charge in [0.05, 0.1) is 4.90 Å². The third-order valence-electron chi connectivity index (χ3n) is 2.80. The number of nitrogens with two attached hydrogens (primary N) is 1. The summed E-state index contributed by atoms with van der Waals surface area (Å²) >= 11 is 0. The standard InChI is InChI=1S/C11H16N2O2S/c12-10-5-4-8-13(9-10)16(14,15)11-6-2-1-3-7-11/h1-3,6-7,10H,4-5,8-9,12H2. The van der Waals surface area contributed by atoms with E-state index in [1.165, 1.54) is 4.31 Å². The maximum Gasteiger partial charge on any atom is 0.243 e. The molecule has 4 nitrogen and oxygen atoms in total. The average molecular weight is 240 g/mol. The Morgan fingerprint density at radius 3 is 2.56 bits per heavy atom. The van der Waals surface area contributed by atoms with E-state index >= 15 is 0 Å². The maximum absolute atomic E-state index is 12.2. The minimum Gasteiger partial charge on any atom is -0.327 e. The summed E-state index contributed by atoms with van der Waals surface area (Å²) in [7, 11) is -3.34. The van der Waals surface area contributed by atoms with Gasteiger partial charge >= 0.3 is 0 Å². The van der Waals surface area contributed by atoms with Crippen LogP contribution in [-0.2, 0) is 10.0 Å². The van der Waals surface area contributed by atoms with E-state index in [2.05, 4.69) is 0 Å². The topological polar surface area (TPSA) is 63.4 Å². The first-order valence-electron chi connectivity index (χ1n) is 5.41. The normalized spacial score (nSPS) is 23.2. The van der Waals surface area contributed by atoms with Gasteiger partial charge in [0.2, 0.25) is 10.0 Å². The summed E-state index contributed by atoms with van der Waals surface area (Å²) in [5.74, 6) is 0. The van der Waals surface area contributed by atoms with Crippen molar-refractivity contribution in [3.05, 3.63) is 30.3 Å². The van der Waals surface area contributed by atoms with Crippen LogP contribution in [0.4, 0.5) is 0 Å². The van der Waals surface area contributed by atoms with Crippen molar-refractivity contribution in [1.29, 1.82) is 0 Å². The molecule has 0 radical (unpaired) electrons. The van der Waals surface area contributed by atoms with Crippen LogP contribution in [0.25, 0.3) is 0 Å². The maximum atomic E-state index is 12.2. The van der Waals surface area contributed by atoms with Gasteiger partial charge in [-0.25, -0.2) is 8.42 Å². The first-order chi connectivity index (χ1) is 7.60. The van der Waals surface area contributed by atoms with Gasteiger partial charge in [-0.3, -0.25) is 0 Å². The molecule has 1 atom stereocenters. The van der Waals surface area contributed by atoms with E-state index in [4.69, 9.17) is 5.73 Å². The lowest BCUT2D eigenvalue weighted by atomic mass is 10.1. The molecule has 16 heavy (non-hydrogen) atoms. The highest BCUT2D eigenvalue weighted by Gasteiger charge is 2.28. The van der Waals surface area contributed by atoms with Crippen molar-refractivity contribution in [2.75, 3.05) is 13.1 Å². The summed E-state index contributed by atoms with van der Waals surface area (Å²) < 4.78 is 25.9. The number of rotatable bonds is 2. The number of sulfonamides is 1. The summed E-state index contributed by atoms with van der Waals surface area (Å²) in [6.45, 7) is 1.00. The van der Waals surface area contributed by atoms with Gasteiger partial charge in [-0.2, -0.15) is 4.31 Å². The quantitative estimate of drug-likeness (QED) is 0.831. The van der Waals surface area contributed by atoms with Crippen molar-refractivity contribution in [3.63, 3.8) is 0 Å². The molecule has 1 heterocycles. The van der Waals surface area contributed by atoms with Crippen molar-refractivity contribution in [1.82, 2.24) is 4.31 Å². The predicted molar refractivity (Wildman–Crippen MR) is 62.4 cm³/mol. The Labute approximate surface area is 96.1 Å². The third kappa shape index (κ3) is 2.26. The van der Waals surface area contributed by atoms with Crippen molar-refractivity contribution >= 4 is 10.0 Å². The zero-order valence-electron chi connectivity index (χ0n) is 9.04. The highest BCUT2D eigenvalue weighted by Crippen LogP contribution is 2.19. The van der Waals surface area contributed by atoms with Crippen molar-refractivity contribution in [3.8, 4) is 0 Å². The number of benzene rings is 1. The van der Waals surface area contributed by atoms with Crippen LogP contribution in [0.1, 0.15) is 12.8 Å². The smallest absolute Gasteiger partial charge is 0.243 e. The van der Waals surface area contributed by atoms with E-state index in [0.29, 0.717) is 18.0 Å². The molecule has 2 N–H and O–H groups in total. The number of nitrogens with zero attached hydrogens (tertiary/aromatic N) is 1. The van der Waals surface area contributed by atoms with Gasteiger partial charge in [-0.05, 0) is 25.0 Å². The summed E-state index contributed by atoms with van der Waals surface area (Å²) in [6, 6.07) is 8.48. The van der Waals surface area contributed by atoms with Gasteiger partial charge in [-0.15, -0.1) is 0 Å². The lowest BCUT2D eigenvalue weighted by Gasteiger charge is -2.29. The first-order valence-corrected chi connectivity index (χ1v) is 6.85. The van der Waals surface area contributed by atoms with E-state index < -0.39 is 10.0 Å². The monoisotopic (exact) mass is 240 g/mol. The van der Waals surface area contributed by atoms with E-state index in [0.717, 1.165) is 12.8 Å². The van der Waals surface area contributed by atoms with E-state index in [1.54, 1.807) is 30.3 Å². The lowest BCUT2D eigenvalue weighted by Crippen LogP contribution is -2.45. The second-order valence-electron chi connectivity index (χ2n) is 4.08. The van der Waals surface area contributed by atoms with Crippen LogP contribution in [0.15, 0.2) is 35.2 Å². The zero-order valence-corrected chi connectivity index (χ0v) is 9.86. The molecule has 0 amide bonds. The van der Waals surface area contributed by atoms with Gasteiger partial charge in [0, 0.05) is 19.1 Å². The molecule has 0 aromatic heterocycles. The summed E-state index contributed by atoms with van der Waals surface area (Å²) in [5, 5.41) is 0. The second kappa shape index (κ2) is 4.53. The Morgan fingerprint density at radius 2 is 1.94 bits per heavy atom. The largest absolute Gasteiger partial charge is 0.327 e. The second-order valence-corrected chi connectivity index (χ2v) is 6.02. The van der Waals surface area contributed by atoms with Crippen molar-refractivity contribution in [2.24, 2.45) is 5.73 Å². The number of hydrogen-bond acceptors (Lipinski definition) is 3. The molecule has 88 valence electrons. The van der Waals surface area contributed by atoms with Crippen LogP contribution in [0.2, 0.25) is 0 Å². The molecular formula is C11H16N2O2S. The Kier molecular flexibility index (Phi) is 3.28. The fraction of sp³-hybridized carbons (Fsp3) is 0.455. The summed E-state index contributed by atoms with van der Waals surface area (Å²) in [4.78, 5) is 0.351. The fourth-order valence-corrected chi connectivity index (χ4v) is 3.49. The minimum absolute atomic E-state index is 0.0350. The molecule has 0 spiro atoms. The van der Waals surface area contributed by atoms with Crippen LogP contribution in [0.5, 0.6) is 0 Å². The van der Waals surface area contributed by atoms with Gasteiger partial charge < -0.3 is 5.73 Å². The summed E-state index contributed by atoms with van der Waals surface area (Å²) in [6.07, 6.45) is 1.74. The molecule has 0 bridgehead atoms. The Balaban J connectivity index is 2.26. The molecule has 0 aliphatic carbocycles. The fourth-order valence-electron chi connectivity index (χ4n) is 1.93. The molecule has 1 aromatic rings. The van der Waals surface area contributed by atoms with Gasteiger partial charge in [0.1, 0.15) is 0 Å². The molecule has 1 aliphatic rings. The molecule has 5 heteroatoms. The van der Waals surface area contributed by atoms with Crippen LogP contribution >= 0.6 is 0 Å². The molecule has 1 aliphatic heterocycles.